The fourth-order valence-corrected chi connectivity index (χ4v) is 3.20. The SMILES string of the molecule is COc1c(Cl)cc(C(=O)N2CCCCC2CN)cc1Cl. The van der Waals surface area contributed by atoms with Crippen molar-refractivity contribution < 1.29 is 9.53 Å². The summed E-state index contributed by atoms with van der Waals surface area (Å²) in [7, 11) is 1.49. The van der Waals surface area contributed by atoms with Crippen LogP contribution < -0.4 is 10.5 Å². The Labute approximate surface area is 128 Å². The molecule has 1 aliphatic rings. The molecule has 2 N–H and O–H groups in total. The summed E-state index contributed by atoms with van der Waals surface area (Å²) in [5, 5.41) is 0.675. The molecule has 1 aliphatic heterocycles. The molecule has 6 heteroatoms. The van der Waals surface area contributed by atoms with Crippen molar-refractivity contribution in [3.8, 4) is 5.75 Å². The maximum absolute atomic E-state index is 12.6. The largest absolute Gasteiger partial charge is 0.494 e. The third-order valence-corrected chi connectivity index (χ3v) is 4.17. The van der Waals surface area contributed by atoms with Crippen LogP contribution in [0.4, 0.5) is 0 Å². The monoisotopic (exact) mass is 316 g/mol. The summed E-state index contributed by atoms with van der Waals surface area (Å²) in [5.74, 6) is 0.311. The Balaban J connectivity index is 2.28. The molecule has 1 saturated heterocycles. The predicted molar refractivity (Wildman–Crippen MR) is 80.7 cm³/mol. The lowest BCUT2D eigenvalue weighted by atomic mass is 10.0. The van der Waals surface area contributed by atoms with Crippen molar-refractivity contribution in [3.05, 3.63) is 27.7 Å². The minimum absolute atomic E-state index is 0.0772. The van der Waals surface area contributed by atoms with E-state index < -0.39 is 0 Å². The smallest absolute Gasteiger partial charge is 0.254 e. The van der Waals surface area contributed by atoms with Crippen LogP contribution in [0, 0.1) is 0 Å². The van der Waals surface area contributed by atoms with Crippen LogP contribution in [0.1, 0.15) is 29.6 Å². The van der Waals surface area contributed by atoms with E-state index in [0.29, 0.717) is 27.9 Å². The minimum atomic E-state index is -0.0772. The molecule has 1 unspecified atom stereocenters. The lowest BCUT2D eigenvalue weighted by Crippen LogP contribution is -2.47. The summed E-state index contributed by atoms with van der Waals surface area (Å²) in [6.07, 6.45) is 3.05. The van der Waals surface area contributed by atoms with Crippen LogP contribution in [-0.4, -0.2) is 37.0 Å². The number of carbonyl (C=O) groups excluding carboxylic acids is 1. The number of rotatable bonds is 3. The van der Waals surface area contributed by atoms with E-state index in [1.165, 1.54) is 7.11 Å². The highest BCUT2D eigenvalue weighted by Gasteiger charge is 2.27. The highest BCUT2D eigenvalue weighted by atomic mass is 35.5. The summed E-state index contributed by atoms with van der Waals surface area (Å²) in [6, 6.07) is 3.28. The van der Waals surface area contributed by atoms with Crippen molar-refractivity contribution in [2.75, 3.05) is 20.2 Å². The summed E-state index contributed by atoms with van der Waals surface area (Å²) in [4.78, 5) is 14.4. The van der Waals surface area contributed by atoms with Crippen molar-refractivity contribution in [1.29, 1.82) is 0 Å². The van der Waals surface area contributed by atoms with Crippen LogP contribution in [0.3, 0.4) is 0 Å². The quantitative estimate of drug-likeness (QED) is 0.932. The van der Waals surface area contributed by atoms with Crippen molar-refractivity contribution in [3.63, 3.8) is 0 Å². The van der Waals surface area contributed by atoms with Gasteiger partial charge in [0.15, 0.2) is 5.75 Å². The molecule has 20 heavy (non-hydrogen) atoms. The average Bonchev–Trinajstić information content (AvgIpc) is 2.46. The fraction of sp³-hybridized carbons (Fsp3) is 0.500. The Hall–Kier alpha value is -0.970. The van der Waals surface area contributed by atoms with E-state index in [-0.39, 0.29) is 11.9 Å². The minimum Gasteiger partial charge on any atom is -0.494 e. The number of halogens is 2. The fourth-order valence-electron chi connectivity index (χ4n) is 2.56. The van der Waals surface area contributed by atoms with Gasteiger partial charge in [0.05, 0.1) is 17.2 Å². The van der Waals surface area contributed by atoms with Crippen LogP contribution in [0.5, 0.6) is 5.75 Å². The number of nitrogens with zero attached hydrogens (tertiary/aromatic N) is 1. The number of piperidine rings is 1. The van der Waals surface area contributed by atoms with Gasteiger partial charge in [0.2, 0.25) is 0 Å². The molecular weight excluding hydrogens is 299 g/mol. The molecule has 1 atom stereocenters. The van der Waals surface area contributed by atoms with Crippen LogP contribution in [-0.2, 0) is 0 Å². The van der Waals surface area contributed by atoms with Gasteiger partial charge in [0, 0.05) is 24.7 Å². The van der Waals surface area contributed by atoms with Crippen molar-refractivity contribution in [1.82, 2.24) is 4.90 Å². The topological polar surface area (TPSA) is 55.6 Å². The highest BCUT2D eigenvalue weighted by Crippen LogP contribution is 2.34. The zero-order valence-electron chi connectivity index (χ0n) is 11.4. The molecule has 0 saturated carbocycles. The summed E-state index contributed by atoms with van der Waals surface area (Å²) in [6.45, 7) is 1.20. The number of likely N-dealkylation sites (tertiary alicyclic amines) is 1. The average molecular weight is 317 g/mol. The van der Waals surface area contributed by atoms with Gasteiger partial charge in [-0.15, -0.1) is 0 Å². The standard InChI is InChI=1S/C14H18Cl2N2O2/c1-20-13-11(15)6-9(7-12(13)16)14(19)18-5-3-2-4-10(18)8-17/h6-7,10H,2-5,8,17H2,1H3. The van der Waals surface area contributed by atoms with Gasteiger partial charge in [-0.2, -0.15) is 0 Å². The molecule has 0 spiro atoms. The number of carbonyl (C=O) groups is 1. The summed E-state index contributed by atoms with van der Waals surface area (Å²) >= 11 is 12.2. The van der Waals surface area contributed by atoms with E-state index in [4.69, 9.17) is 33.7 Å². The molecule has 1 fully saturated rings. The summed E-state index contributed by atoms with van der Waals surface area (Å²) < 4.78 is 5.09. The number of methoxy groups -OCH3 is 1. The van der Waals surface area contributed by atoms with Gasteiger partial charge in [-0.05, 0) is 31.4 Å². The van der Waals surface area contributed by atoms with Crippen LogP contribution in [0.25, 0.3) is 0 Å². The molecule has 0 bridgehead atoms. The van der Waals surface area contributed by atoms with Gasteiger partial charge >= 0.3 is 0 Å². The van der Waals surface area contributed by atoms with Crippen LogP contribution in [0.2, 0.25) is 10.0 Å². The molecule has 4 nitrogen and oxygen atoms in total. The summed E-state index contributed by atoms with van der Waals surface area (Å²) in [5.41, 5.74) is 6.22. The second-order valence-corrected chi connectivity index (χ2v) is 5.67. The van der Waals surface area contributed by atoms with Gasteiger partial charge in [-0.25, -0.2) is 0 Å². The Morgan fingerprint density at radius 2 is 2.05 bits per heavy atom. The molecule has 1 aromatic carbocycles. The molecule has 1 amide bonds. The van der Waals surface area contributed by atoms with Gasteiger partial charge < -0.3 is 15.4 Å². The van der Waals surface area contributed by atoms with Crippen molar-refractivity contribution in [2.24, 2.45) is 5.73 Å². The first-order valence-electron chi connectivity index (χ1n) is 6.62. The Morgan fingerprint density at radius 3 is 2.60 bits per heavy atom. The van der Waals surface area contributed by atoms with E-state index in [1.54, 1.807) is 12.1 Å². The van der Waals surface area contributed by atoms with Crippen molar-refractivity contribution in [2.45, 2.75) is 25.3 Å². The first-order chi connectivity index (χ1) is 9.58. The zero-order valence-corrected chi connectivity index (χ0v) is 12.9. The number of amides is 1. The van der Waals surface area contributed by atoms with Gasteiger partial charge in [0.25, 0.3) is 5.91 Å². The van der Waals surface area contributed by atoms with E-state index in [0.717, 1.165) is 25.8 Å². The van der Waals surface area contributed by atoms with E-state index in [1.807, 2.05) is 4.90 Å². The van der Waals surface area contributed by atoms with E-state index >= 15 is 0 Å². The van der Waals surface area contributed by atoms with Crippen molar-refractivity contribution >= 4 is 29.1 Å². The molecule has 0 radical (unpaired) electrons. The van der Waals surface area contributed by atoms with Gasteiger partial charge in [-0.1, -0.05) is 23.2 Å². The Bertz CT molecular complexity index is 485. The third kappa shape index (κ3) is 3.03. The molecule has 0 aromatic heterocycles. The predicted octanol–water partition coefficient (Wildman–Crippen LogP) is 2.96. The second kappa shape index (κ2) is 6.66. The number of hydrogen-bond donors (Lipinski definition) is 1. The maximum atomic E-state index is 12.6. The number of benzene rings is 1. The molecule has 1 heterocycles. The number of nitrogens with two attached hydrogens (primary N) is 1. The highest BCUT2D eigenvalue weighted by molar-refractivity contribution is 6.37. The lowest BCUT2D eigenvalue weighted by molar-refractivity contribution is 0.0623. The number of hydrogen-bond acceptors (Lipinski definition) is 3. The Morgan fingerprint density at radius 1 is 1.40 bits per heavy atom. The Kier molecular flexibility index (Phi) is 5.13. The molecule has 110 valence electrons. The molecule has 1 aromatic rings. The molecule has 0 aliphatic carbocycles. The van der Waals surface area contributed by atoms with Crippen LogP contribution in [0.15, 0.2) is 12.1 Å². The maximum Gasteiger partial charge on any atom is 0.254 e. The second-order valence-electron chi connectivity index (χ2n) is 4.86. The lowest BCUT2D eigenvalue weighted by Gasteiger charge is -2.35. The van der Waals surface area contributed by atoms with Gasteiger partial charge in [0.1, 0.15) is 0 Å². The first-order valence-corrected chi connectivity index (χ1v) is 7.38. The van der Waals surface area contributed by atoms with E-state index in [9.17, 15) is 4.79 Å². The normalized spacial score (nSPS) is 19.0. The van der Waals surface area contributed by atoms with E-state index in [2.05, 4.69) is 0 Å². The number of ether oxygens (including phenoxy) is 1. The molecular formula is C14H18Cl2N2O2. The molecule has 2 rings (SSSR count). The first kappa shape index (κ1) is 15.4. The van der Waals surface area contributed by atoms with Crippen LogP contribution >= 0.6 is 23.2 Å². The third-order valence-electron chi connectivity index (χ3n) is 3.61. The zero-order chi connectivity index (χ0) is 14.7. The van der Waals surface area contributed by atoms with Gasteiger partial charge in [-0.3, -0.25) is 4.79 Å².